The van der Waals surface area contributed by atoms with Gasteiger partial charge in [-0.05, 0) is 12.5 Å². The average molecular weight is 329 g/mol. The molecule has 1 aromatic carbocycles. The third-order valence-electron chi connectivity index (χ3n) is 3.68. The number of aryl methyl sites for hydroxylation is 1. The topological polar surface area (TPSA) is 93.5 Å². The molecule has 2 aromatic heterocycles. The van der Waals surface area contributed by atoms with Crippen molar-refractivity contribution in [2.45, 2.75) is 19.9 Å². The van der Waals surface area contributed by atoms with Crippen molar-refractivity contribution in [3.63, 3.8) is 0 Å². The van der Waals surface area contributed by atoms with Gasteiger partial charge >= 0.3 is 0 Å². The molecule has 3 rings (SSSR count). The molecular formula is C16H19N5O3. The summed E-state index contributed by atoms with van der Waals surface area (Å²) in [6.07, 6.45) is 0.683. The zero-order chi connectivity index (χ0) is 17.1. The number of nitrogens with zero attached hydrogens (tertiary/aromatic N) is 3. The van der Waals surface area contributed by atoms with Crippen LogP contribution in [0.5, 0.6) is 11.5 Å². The zero-order valence-corrected chi connectivity index (χ0v) is 13.8. The predicted molar refractivity (Wildman–Crippen MR) is 89.9 cm³/mol. The molecular weight excluding hydrogens is 310 g/mol. The Bertz CT molecular complexity index is 916. The Balaban J connectivity index is 1.86. The number of para-hydroxylation sites is 1. The number of benzene rings is 1. The van der Waals surface area contributed by atoms with E-state index in [9.17, 15) is 4.79 Å². The maximum atomic E-state index is 12.0. The molecule has 0 unspecified atom stereocenters. The van der Waals surface area contributed by atoms with Crippen molar-refractivity contribution in [3.05, 3.63) is 45.9 Å². The average Bonchev–Trinajstić information content (AvgIpc) is 3.02. The lowest BCUT2D eigenvalue weighted by Crippen LogP contribution is -2.15. The number of aromatic amines is 1. The molecule has 0 fully saturated rings. The molecule has 0 spiro atoms. The molecule has 0 radical (unpaired) electrons. The van der Waals surface area contributed by atoms with E-state index >= 15 is 0 Å². The van der Waals surface area contributed by atoms with Gasteiger partial charge in [0.2, 0.25) is 5.95 Å². The smallest absolute Gasteiger partial charge is 0.274 e. The number of hydrogen-bond donors (Lipinski definition) is 2. The predicted octanol–water partition coefficient (Wildman–Crippen LogP) is 1.61. The first kappa shape index (κ1) is 15.9. The summed E-state index contributed by atoms with van der Waals surface area (Å²) in [5, 5.41) is 6.04. The second-order valence-corrected chi connectivity index (χ2v) is 5.15. The van der Waals surface area contributed by atoms with Crippen LogP contribution in [0.4, 0.5) is 5.95 Å². The molecule has 0 aliphatic heterocycles. The SMILES string of the molecule is CCc1cc(=O)n2[nH]c(NCc3cccc(OC)c3OC)nc2n1. The summed E-state index contributed by atoms with van der Waals surface area (Å²) in [5.41, 5.74) is 1.44. The number of anilines is 1. The normalized spacial score (nSPS) is 10.8. The summed E-state index contributed by atoms with van der Waals surface area (Å²) >= 11 is 0. The second-order valence-electron chi connectivity index (χ2n) is 5.15. The van der Waals surface area contributed by atoms with Crippen molar-refractivity contribution in [2.75, 3.05) is 19.5 Å². The number of H-pyrrole nitrogens is 1. The fourth-order valence-electron chi connectivity index (χ4n) is 2.46. The second kappa shape index (κ2) is 6.61. The van der Waals surface area contributed by atoms with Crippen molar-refractivity contribution in [1.82, 2.24) is 19.6 Å². The van der Waals surface area contributed by atoms with Crippen LogP contribution in [0.2, 0.25) is 0 Å². The lowest BCUT2D eigenvalue weighted by atomic mass is 10.2. The molecule has 0 atom stereocenters. The van der Waals surface area contributed by atoms with Crippen molar-refractivity contribution >= 4 is 11.7 Å². The van der Waals surface area contributed by atoms with Gasteiger partial charge in [0.25, 0.3) is 11.3 Å². The number of fused-ring (bicyclic) bond motifs is 1. The summed E-state index contributed by atoms with van der Waals surface area (Å²) in [7, 11) is 3.19. The van der Waals surface area contributed by atoms with E-state index in [2.05, 4.69) is 20.4 Å². The number of methoxy groups -OCH3 is 2. The van der Waals surface area contributed by atoms with Crippen molar-refractivity contribution in [3.8, 4) is 11.5 Å². The highest BCUT2D eigenvalue weighted by Crippen LogP contribution is 2.30. The fourth-order valence-corrected chi connectivity index (χ4v) is 2.46. The van der Waals surface area contributed by atoms with Crippen LogP contribution in [0.15, 0.2) is 29.1 Å². The first-order valence-corrected chi connectivity index (χ1v) is 7.58. The van der Waals surface area contributed by atoms with Gasteiger partial charge in [0.15, 0.2) is 11.5 Å². The Morgan fingerprint density at radius 2 is 2.08 bits per heavy atom. The standard InChI is InChI=1S/C16H19N5O3/c1-4-11-8-13(22)21-16(18-11)19-15(20-21)17-9-10-6-5-7-12(23-2)14(10)24-3/h5-8H,4,9H2,1-3H3,(H2,17,18,19,20). The summed E-state index contributed by atoms with van der Waals surface area (Å²) < 4.78 is 12.0. The molecule has 0 bridgehead atoms. The van der Waals surface area contributed by atoms with Crippen LogP contribution >= 0.6 is 0 Å². The van der Waals surface area contributed by atoms with Gasteiger partial charge < -0.3 is 14.8 Å². The van der Waals surface area contributed by atoms with Crippen molar-refractivity contribution < 1.29 is 9.47 Å². The van der Waals surface area contributed by atoms with Gasteiger partial charge in [-0.1, -0.05) is 19.1 Å². The molecule has 2 N–H and O–H groups in total. The highest BCUT2D eigenvalue weighted by atomic mass is 16.5. The van der Waals surface area contributed by atoms with E-state index in [1.165, 1.54) is 10.6 Å². The zero-order valence-electron chi connectivity index (χ0n) is 13.8. The van der Waals surface area contributed by atoms with Gasteiger partial charge in [0.05, 0.1) is 14.2 Å². The fraction of sp³-hybridized carbons (Fsp3) is 0.312. The van der Waals surface area contributed by atoms with Crippen LogP contribution < -0.4 is 20.3 Å². The maximum absolute atomic E-state index is 12.0. The van der Waals surface area contributed by atoms with E-state index in [4.69, 9.17) is 9.47 Å². The van der Waals surface area contributed by atoms with Gasteiger partial charge in [-0.3, -0.25) is 9.89 Å². The molecule has 8 nitrogen and oxygen atoms in total. The highest BCUT2D eigenvalue weighted by molar-refractivity contribution is 5.48. The molecule has 0 saturated carbocycles. The minimum Gasteiger partial charge on any atom is -0.493 e. The van der Waals surface area contributed by atoms with Gasteiger partial charge in [0, 0.05) is 23.9 Å². The Morgan fingerprint density at radius 1 is 1.25 bits per heavy atom. The quantitative estimate of drug-likeness (QED) is 0.713. The largest absolute Gasteiger partial charge is 0.493 e. The Hall–Kier alpha value is -3.03. The summed E-state index contributed by atoms with van der Waals surface area (Å²) in [4.78, 5) is 20.7. The van der Waals surface area contributed by atoms with E-state index in [0.29, 0.717) is 41.9 Å². The first-order chi connectivity index (χ1) is 11.7. The summed E-state index contributed by atoms with van der Waals surface area (Å²) in [6.45, 7) is 2.40. The van der Waals surface area contributed by atoms with Crippen molar-refractivity contribution in [2.24, 2.45) is 0 Å². The highest BCUT2D eigenvalue weighted by Gasteiger charge is 2.11. The molecule has 0 amide bonds. The van der Waals surface area contributed by atoms with Gasteiger partial charge in [0.1, 0.15) is 0 Å². The van der Waals surface area contributed by atoms with E-state index in [1.54, 1.807) is 14.2 Å². The van der Waals surface area contributed by atoms with E-state index < -0.39 is 0 Å². The molecule has 0 saturated heterocycles. The minimum atomic E-state index is -0.184. The van der Waals surface area contributed by atoms with Crippen LogP contribution in [-0.4, -0.2) is 33.8 Å². The molecule has 8 heteroatoms. The van der Waals surface area contributed by atoms with Gasteiger partial charge in [-0.15, -0.1) is 0 Å². The van der Waals surface area contributed by atoms with E-state index in [0.717, 1.165) is 5.56 Å². The number of nitrogens with one attached hydrogen (secondary N) is 2. The molecule has 126 valence electrons. The monoisotopic (exact) mass is 329 g/mol. The molecule has 3 aromatic rings. The first-order valence-electron chi connectivity index (χ1n) is 7.58. The minimum absolute atomic E-state index is 0.184. The lowest BCUT2D eigenvalue weighted by molar-refractivity contribution is 0.352. The third kappa shape index (κ3) is 2.90. The third-order valence-corrected chi connectivity index (χ3v) is 3.68. The van der Waals surface area contributed by atoms with Crippen LogP contribution in [0.1, 0.15) is 18.2 Å². The Morgan fingerprint density at radius 3 is 2.79 bits per heavy atom. The lowest BCUT2D eigenvalue weighted by Gasteiger charge is -2.12. The summed E-state index contributed by atoms with van der Waals surface area (Å²) in [6, 6.07) is 7.15. The molecule has 0 aliphatic carbocycles. The Kier molecular flexibility index (Phi) is 4.37. The number of hydrogen-bond acceptors (Lipinski definition) is 6. The van der Waals surface area contributed by atoms with Gasteiger partial charge in [-0.2, -0.15) is 9.50 Å². The van der Waals surface area contributed by atoms with Gasteiger partial charge in [-0.25, -0.2) is 4.98 Å². The van der Waals surface area contributed by atoms with Crippen molar-refractivity contribution in [1.29, 1.82) is 0 Å². The van der Waals surface area contributed by atoms with Crippen LogP contribution in [0.3, 0.4) is 0 Å². The number of rotatable bonds is 6. The molecule has 0 aliphatic rings. The van der Waals surface area contributed by atoms with Crippen LogP contribution in [0.25, 0.3) is 5.78 Å². The van der Waals surface area contributed by atoms with Crippen LogP contribution in [0, 0.1) is 0 Å². The molecule has 2 heterocycles. The van der Waals surface area contributed by atoms with E-state index in [1.807, 2.05) is 25.1 Å². The van der Waals surface area contributed by atoms with E-state index in [-0.39, 0.29) is 5.56 Å². The summed E-state index contributed by atoms with van der Waals surface area (Å²) in [5.74, 6) is 2.12. The number of ether oxygens (including phenoxy) is 2. The van der Waals surface area contributed by atoms with Crippen LogP contribution in [-0.2, 0) is 13.0 Å². The Labute approximate surface area is 138 Å². The number of aromatic nitrogens is 4. The molecule has 24 heavy (non-hydrogen) atoms. The maximum Gasteiger partial charge on any atom is 0.274 e.